The van der Waals surface area contributed by atoms with Crippen LogP contribution >= 0.6 is 0 Å². The van der Waals surface area contributed by atoms with Gasteiger partial charge in [0, 0.05) is 0 Å². The number of quaternary nitrogens is 1. The summed E-state index contributed by atoms with van der Waals surface area (Å²) in [4.78, 5) is 11.2. The fraction of sp³-hybridized carbons (Fsp3) is 0.444. The van der Waals surface area contributed by atoms with Crippen molar-refractivity contribution in [1.29, 1.82) is 0 Å². The van der Waals surface area contributed by atoms with Crippen LogP contribution in [0.2, 0.25) is 0 Å². The number of rotatable bonds is 4. The molecule has 0 saturated carbocycles. The van der Waals surface area contributed by atoms with E-state index in [9.17, 15) is 4.79 Å². The second-order valence-electron chi connectivity index (χ2n) is 3.44. The number of likely N-dealkylation sites (N-methyl/N-ethyl adjacent to an activating group) is 1. The van der Waals surface area contributed by atoms with Gasteiger partial charge in [0.05, 0.1) is 14.1 Å². The van der Waals surface area contributed by atoms with Crippen molar-refractivity contribution in [2.24, 2.45) is 0 Å². The largest absolute Gasteiger partial charge is 0.510 e. The van der Waals surface area contributed by atoms with Crippen LogP contribution < -0.4 is 0 Å². The standard InChI is InChI=1S/C9H15NO2/c1-8(2)9(12)7-10(3,4)5-6-11/h5-6H,1,7H2,2-4H3/p+1. The minimum absolute atomic E-state index is 0.0121. The van der Waals surface area contributed by atoms with Crippen LogP contribution in [0, 0.1) is 0 Å². The van der Waals surface area contributed by atoms with E-state index in [1.807, 2.05) is 14.1 Å². The number of aliphatic hydroxyl groups excluding tert-OH is 1. The van der Waals surface area contributed by atoms with Crippen LogP contribution in [0.3, 0.4) is 0 Å². The quantitative estimate of drug-likeness (QED) is 0.391. The SMILES string of the molecule is C=C(C)C(=O)C[N+](C)(C)C=CO. The topological polar surface area (TPSA) is 37.3 Å². The summed E-state index contributed by atoms with van der Waals surface area (Å²) >= 11 is 0. The molecule has 0 aliphatic carbocycles. The molecule has 0 atom stereocenters. The Morgan fingerprint density at radius 3 is 2.42 bits per heavy atom. The maximum atomic E-state index is 11.2. The number of nitrogens with zero attached hydrogens (tertiary/aromatic N) is 1. The predicted molar refractivity (Wildman–Crippen MR) is 48.6 cm³/mol. The van der Waals surface area contributed by atoms with Crippen molar-refractivity contribution in [2.45, 2.75) is 6.92 Å². The first kappa shape index (κ1) is 10.9. The van der Waals surface area contributed by atoms with Gasteiger partial charge < -0.3 is 5.11 Å². The maximum Gasteiger partial charge on any atom is 0.212 e. The lowest BCUT2D eigenvalue weighted by Gasteiger charge is -2.23. The van der Waals surface area contributed by atoms with Gasteiger partial charge in [0.2, 0.25) is 5.78 Å². The van der Waals surface area contributed by atoms with E-state index in [2.05, 4.69) is 6.58 Å². The third-order valence-electron chi connectivity index (χ3n) is 1.50. The molecule has 0 spiro atoms. The van der Waals surface area contributed by atoms with Crippen molar-refractivity contribution in [3.63, 3.8) is 0 Å². The van der Waals surface area contributed by atoms with Crippen LogP contribution in [0.15, 0.2) is 24.6 Å². The zero-order valence-corrected chi connectivity index (χ0v) is 7.87. The number of Topliss-reactive ketones (excluding diaryl/α,β-unsaturated/α-hetero) is 1. The molecule has 68 valence electrons. The van der Waals surface area contributed by atoms with Crippen LogP contribution in [0.1, 0.15) is 6.92 Å². The molecule has 3 nitrogen and oxygen atoms in total. The van der Waals surface area contributed by atoms with Gasteiger partial charge in [0.15, 0.2) is 0 Å². The average Bonchev–Trinajstić information content (AvgIpc) is 1.85. The Kier molecular flexibility index (Phi) is 3.70. The molecule has 1 N–H and O–H groups in total. The number of aliphatic hydroxyl groups is 1. The molecule has 0 aliphatic heterocycles. The fourth-order valence-corrected chi connectivity index (χ4v) is 0.738. The summed E-state index contributed by atoms with van der Waals surface area (Å²) in [5.41, 5.74) is 0.549. The molecule has 0 saturated heterocycles. The zero-order chi connectivity index (χ0) is 9.78. The Bertz CT molecular complexity index is 217. The molecule has 0 unspecified atom stereocenters. The molecule has 0 bridgehead atoms. The van der Waals surface area contributed by atoms with Crippen molar-refractivity contribution in [1.82, 2.24) is 0 Å². The molecule has 0 aromatic heterocycles. The lowest BCUT2D eigenvalue weighted by atomic mass is 10.2. The van der Waals surface area contributed by atoms with Gasteiger partial charge in [-0.1, -0.05) is 6.58 Å². The smallest absolute Gasteiger partial charge is 0.212 e. The predicted octanol–water partition coefficient (Wildman–Crippen LogP) is 1.24. The van der Waals surface area contributed by atoms with Crippen molar-refractivity contribution in [2.75, 3.05) is 20.6 Å². The molecular formula is C9H16NO2+. The van der Waals surface area contributed by atoms with E-state index in [4.69, 9.17) is 5.11 Å². The Morgan fingerprint density at radius 1 is 1.58 bits per heavy atom. The van der Waals surface area contributed by atoms with E-state index in [1.165, 1.54) is 0 Å². The molecular weight excluding hydrogens is 154 g/mol. The molecule has 3 heteroatoms. The lowest BCUT2D eigenvalue weighted by molar-refractivity contribution is -0.830. The summed E-state index contributed by atoms with van der Waals surface area (Å²) in [5.74, 6) is 0.0121. The molecule has 0 fully saturated rings. The molecule has 0 rings (SSSR count). The fourth-order valence-electron chi connectivity index (χ4n) is 0.738. The Labute approximate surface area is 73.2 Å². The molecule has 0 radical (unpaired) electrons. The first-order valence-corrected chi connectivity index (χ1v) is 3.72. The van der Waals surface area contributed by atoms with Gasteiger partial charge in [-0.25, -0.2) is 0 Å². The number of hydrogen-bond donors (Lipinski definition) is 1. The zero-order valence-electron chi connectivity index (χ0n) is 7.87. The average molecular weight is 170 g/mol. The van der Waals surface area contributed by atoms with Gasteiger partial charge in [0.1, 0.15) is 19.0 Å². The van der Waals surface area contributed by atoms with Crippen LogP contribution in [0.4, 0.5) is 0 Å². The highest BCUT2D eigenvalue weighted by atomic mass is 16.2. The third kappa shape index (κ3) is 3.93. The molecule has 0 aromatic rings. The maximum absolute atomic E-state index is 11.2. The van der Waals surface area contributed by atoms with Gasteiger partial charge in [-0.3, -0.25) is 9.28 Å². The first-order valence-electron chi connectivity index (χ1n) is 3.72. The van der Waals surface area contributed by atoms with Gasteiger partial charge in [0.25, 0.3) is 0 Å². The summed E-state index contributed by atoms with van der Waals surface area (Å²) in [7, 11) is 3.65. The van der Waals surface area contributed by atoms with E-state index < -0.39 is 0 Å². The normalized spacial score (nSPS) is 11.9. The Hall–Kier alpha value is -1.09. The lowest BCUT2D eigenvalue weighted by Crippen LogP contribution is -2.38. The summed E-state index contributed by atoms with van der Waals surface area (Å²) < 4.78 is 0.336. The van der Waals surface area contributed by atoms with E-state index >= 15 is 0 Å². The van der Waals surface area contributed by atoms with Crippen LogP contribution in [-0.2, 0) is 4.79 Å². The Balaban J connectivity index is 4.24. The van der Waals surface area contributed by atoms with Crippen molar-refractivity contribution in [3.8, 4) is 0 Å². The van der Waals surface area contributed by atoms with Gasteiger partial charge in [-0.05, 0) is 12.5 Å². The molecule has 0 aromatic carbocycles. The third-order valence-corrected chi connectivity index (χ3v) is 1.50. The number of carbonyl (C=O) groups is 1. The van der Waals surface area contributed by atoms with E-state index in [-0.39, 0.29) is 5.78 Å². The molecule has 0 amide bonds. The number of ketones is 1. The van der Waals surface area contributed by atoms with Gasteiger partial charge in [-0.15, -0.1) is 0 Å². The molecule has 12 heavy (non-hydrogen) atoms. The summed E-state index contributed by atoms with van der Waals surface area (Å²) in [6.07, 6.45) is 2.49. The minimum atomic E-state index is 0.0121. The second-order valence-corrected chi connectivity index (χ2v) is 3.44. The van der Waals surface area contributed by atoms with E-state index in [1.54, 1.807) is 13.1 Å². The van der Waals surface area contributed by atoms with Crippen LogP contribution in [0.5, 0.6) is 0 Å². The minimum Gasteiger partial charge on any atom is -0.510 e. The summed E-state index contributed by atoms with van der Waals surface area (Å²) in [6.45, 7) is 5.56. The van der Waals surface area contributed by atoms with Crippen molar-refractivity contribution in [3.05, 3.63) is 24.6 Å². The monoisotopic (exact) mass is 170 g/mol. The van der Waals surface area contributed by atoms with Crippen LogP contribution in [-0.4, -0.2) is 36.0 Å². The number of hydrogen-bond acceptors (Lipinski definition) is 2. The highest BCUT2D eigenvalue weighted by Crippen LogP contribution is 2.01. The van der Waals surface area contributed by atoms with E-state index in [0.29, 0.717) is 16.6 Å². The summed E-state index contributed by atoms with van der Waals surface area (Å²) in [5, 5.41) is 8.52. The summed E-state index contributed by atoms with van der Waals surface area (Å²) in [6, 6.07) is 0. The molecule has 0 aliphatic rings. The highest BCUT2D eigenvalue weighted by Gasteiger charge is 2.17. The van der Waals surface area contributed by atoms with E-state index in [0.717, 1.165) is 6.26 Å². The van der Waals surface area contributed by atoms with Gasteiger partial charge in [-0.2, -0.15) is 0 Å². The second kappa shape index (κ2) is 4.07. The van der Waals surface area contributed by atoms with Gasteiger partial charge >= 0.3 is 0 Å². The first-order chi connectivity index (χ1) is 5.39. The number of carbonyl (C=O) groups excluding carboxylic acids is 1. The highest BCUT2D eigenvalue weighted by molar-refractivity contribution is 5.95. The van der Waals surface area contributed by atoms with Crippen molar-refractivity contribution < 1.29 is 14.4 Å². The molecule has 0 heterocycles. The van der Waals surface area contributed by atoms with Crippen molar-refractivity contribution >= 4 is 5.78 Å². The Morgan fingerprint density at radius 2 is 2.08 bits per heavy atom. The van der Waals surface area contributed by atoms with Crippen LogP contribution in [0.25, 0.3) is 0 Å².